The molecule has 0 unspecified atom stereocenters. The lowest BCUT2D eigenvalue weighted by Crippen LogP contribution is -2.52. The van der Waals surface area contributed by atoms with Crippen molar-refractivity contribution >= 4 is 6.21 Å². The van der Waals surface area contributed by atoms with Crippen LogP contribution in [0.4, 0.5) is 0 Å². The zero-order chi connectivity index (χ0) is 15.2. The first-order valence-electron chi connectivity index (χ1n) is 8.13. The van der Waals surface area contributed by atoms with Crippen molar-refractivity contribution in [3.8, 4) is 0 Å². The molecule has 4 nitrogen and oxygen atoms in total. The molecule has 2 aliphatic rings. The Morgan fingerprint density at radius 2 is 1.71 bits per heavy atom. The minimum absolute atomic E-state index is 0.770. The molecule has 2 rings (SSSR count). The van der Waals surface area contributed by atoms with Crippen molar-refractivity contribution in [3.63, 3.8) is 0 Å². The first-order chi connectivity index (χ1) is 10.1. The Bertz CT molecular complexity index is 397. The minimum Gasteiger partial charge on any atom is -0.370 e. The van der Waals surface area contributed by atoms with Crippen LogP contribution in [0.3, 0.4) is 0 Å². The van der Waals surface area contributed by atoms with Crippen LogP contribution in [0.5, 0.6) is 0 Å². The number of allylic oxidation sites excluding steroid dienone is 3. The fourth-order valence-corrected chi connectivity index (χ4v) is 3.19. The quantitative estimate of drug-likeness (QED) is 0.741. The van der Waals surface area contributed by atoms with E-state index < -0.39 is 0 Å². The molecule has 0 amide bonds. The fraction of sp³-hybridized carbons (Fsp3) is 0.706. The van der Waals surface area contributed by atoms with Crippen LogP contribution in [-0.2, 0) is 0 Å². The SMILES string of the molecule is C=C(C)N=C/C(=C\C)N1CCC(N2CCN(C)CC2)CC1. The first-order valence-corrected chi connectivity index (χ1v) is 8.13. The Hall–Kier alpha value is -1.13. The molecule has 0 N–H and O–H groups in total. The first kappa shape index (κ1) is 16.2. The van der Waals surface area contributed by atoms with Gasteiger partial charge in [-0.1, -0.05) is 12.7 Å². The number of aliphatic imine (C=N–C) groups is 1. The van der Waals surface area contributed by atoms with Crippen LogP contribution in [0, 0.1) is 0 Å². The van der Waals surface area contributed by atoms with Crippen LogP contribution >= 0.6 is 0 Å². The molecule has 2 fully saturated rings. The number of piperidine rings is 1. The van der Waals surface area contributed by atoms with E-state index in [1.807, 2.05) is 13.1 Å². The van der Waals surface area contributed by atoms with Crippen molar-refractivity contribution in [2.45, 2.75) is 32.7 Å². The predicted molar refractivity (Wildman–Crippen MR) is 90.7 cm³/mol. The fourth-order valence-electron chi connectivity index (χ4n) is 3.19. The lowest BCUT2D eigenvalue weighted by Gasteiger charge is -2.42. The number of rotatable bonds is 4. The van der Waals surface area contributed by atoms with Gasteiger partial charge in [0, 0.05) is 51.0 Å². The molecule has 0 aromatic rings. The standard InChI is InChI=1S/C17H30N4/c1-5-16(14-18-15(2)3)20-8-6-17(7-9-20)21-12-10-19(4)11-13-21/h5,14,17H,2,6-13H2,1,3-4H3/b16-5+,18-14?. The second-order valence-electron chi connectivity index (χ2n) is 6.26. The van der Waals surface area contributed by atoms with Crippen LogP contribution < -0.4 is 0 Å². The topological polar surface area (TPSA) is 22.1 Å². The summed E-state index contributed by atoms with van der Waals surface area (Å²) in [6, 6.07) is 0.770. The van der Waals surface area contributed by atoms with Gasteiger partial charge in [0.05, 0.1) is 11.9 Å². The Morgan fingerprint density at radius 1 is 1.10 bits per heavy atom. The summed E-state index contributed by atoms with van der Waals surface area (Å²) in [4.78, 5) is 11.9. The number of nitrogens with zero attached hydrogens (tertiary/aromatic N) is 4. The number of likely N-dealkylation sites (tertiary alicyclic amines) is 1. The van der Waals surface area contributed by atoms with Gasteiger partial charge in [0.25, 0.3) is 0 Å². The maximum atomic E-state index is 4.34. The highest BCUT2D eigenvalue weighted by atomic mass is 15.3. The smallest absolute Gasteiger partial charge is 0.0508 e. The highest BCUT2D eigenvalue weighted by Gasteiger charge is 2.26. The molecule has 0 bridgehead atoms. The molecule has 0 aliphatic carbocycles. The van der Waals surface area contributed by atoms with Crippen molar-refractivity contribution in [2.75, 3.05) is 46.3 Å². The predicted octanol–water partition coefficient (Wildman–Crippen LogP) is 2.21. The van der Waals surface area contributed by atoms with Gasteiger partial charge >= 0.3 is 0 Å². The minimum atomic E-state index is 0.770. The molecule has 0 aromatic heterocycles. The van der Waals surface area contributed by atoms with E-state index in [9.17, 15) is 0 Å². The van der Waals surface area contributed by atoms with Crippen LogP contribution in [0.1, 0.15) is 26.7 Å². The molecule has 118 valence electrons. The van der Waals surface area contributed by atoms with E-state index in [-0.39, 0.29) is 0 Å². The van der Waals surface area contributed by atoms with Gasteiger partial charge in [-0.2, -0.15) is 0 Å². The summed E-state index contributed by atoms with van der Waals surface area (Å²) in [6.45, 7) is 15.0. The number of likely N-dealkylation sites (N-methyl/N-ethyl adjacent to an activating group) is 1. The Labute approximate surface area is 129 Å². The average molecular weight is 290 g/mol. The molecule has 0 aromatic carbocycles. The third kappa shape index (κ3) is 4.68. The normalized spacial score (nSPS) is 24.0. The van der Waals surface area contributed by atoms with Crippen molar-refractivity contribution < 1.29 is 0 Å². The van der Waals surface area contributed by atoms with Gasteiger partial charge < -0.3 is 9.80 Å². The van der Waals surface area contributed by atoms with E-state index in [2.05, 4.69) is 46.3 Å². The van der Waals surface area contributed by atoms with Crippen LogP contribution in [0.25, 0.3) is 0 Å². The zero-order valence-corrected chi connectivity index (χ0v) is 13.9. The summed E-state index contributed by atoms with van der Waals surface area (Å²) in [5.41, 5.74) is 2.09. The zero-order valence-electron chi connectivity index (χ0n) is 13.9. The molecule has 21 heavy (non-hydrogen) atoms. The van der Waals surface area contributed by atoms with Gasteiger partial charge in [-0.3, -0.25) is 9.89 Å². The lowest BCUT2D eigenvalue weighted by atomic mass is 10.0. The van der Waals surface area contributed by atoms with Crippen LogP contribution in [-0.4, -0.2) is 73.3 Å². The summed E-state index contributed by atoms with van der Waals surface area (Å²) >= 11 is 0. The van der Waals surface area contributed by atoms with Gasteiger partial charge in [0.2, 0.25) is 0 Å². The highest BCUT2D eigenvalue weighted by Crippen LogP contribution is 2.20. The molecular formula is C17H30N4. The largest absolute Gasteiger partial charge is 0.370 e. The molecule has 2 aliphatic heterocycles. The van der Waals surface area contributed by atoms with Gasteiger partial charge in [-0.25, -0.2) is 0 Å². The Balaban J connectivity index is 1.83. The van der Waals surface area contributed by atoms with E-state index in [1.54, 1.807) is 0 Å². The molecule has 0 radical (unpaired) electrons. The van der Waals surface area contributed by atoms with E-state index in [1.165, 1.54) is 44.7 Å². The Kier molecular flexibility index (Phi) is 6.00. The van der Waals surface area contributed by atoms with Gasteiger partial charge in [-0.15, -0.1) is 0 Å². The number of piperazine rings is 1. The van der Waals surface area contributed by atoms with Crippen LogP contribution in [0.15, 0.2) is 29.0 Å². The molecular weight excluding hydrogens is 260 g/mol. The monoisotopic (exact) mass is 290 g/mol. The molecule has 2 saturated heterocycles. The highest BCUT2D eigenvalue weighted by molar-refractivity contribution is 5.78. The molecule has 0 saturated carbocycles. The third-order valence-electron chi connectivity index (χ3n) is 4.60. The van der Waals surface area contributed by atoms with Gasteiger partial charge in [0.15, 0.2) is 0 Å². The Morgan fingerprint density at radius 3 is 2.24 bits per heavy atom. The third-order valence-corrected chi connectivity index (χ3v) is 4.60. The molecule has 2 heterocycles. The summed E-state index contributed by atoms with van der Waals surface area (Å²) in [5.74, 6) is 0. The van der Waals surface area contributed by atoms with Gasteiger partial charge in [0.1, 0.15) is 0 Å². The molecule has 0 spiro atoms. The van der Waals surface area contributed by atoms with E-state index in [0.717, 1.165) is 24.8 Å². The van der Waals surface area contributed by atoms with E-state index >= 15 is 0 Å². The van der Waals surface area contributed by atoms with Crippen molar-refractivity contribution in [1.29, 1.82) is 0 Å². The second-order valence-corrected chi connectivity index (χ2v) is 6.26. The molecule has 0 atom stereocenters. The van der Waals surface area contributed by atoms with E-state index in [4.69, 9.17) is 0 Å². The van der Waals surface area contributed by atoms with Crippen LogP contribution in [0.2, 0.25) is 0 Å². The summed E-state index contributed by atoms with van der Waals surface area (Å²) in [5, 5.41) is 0. The number of hydrogen-bond donors (Lipinski definition) is 0. The van der Waals surface area contributed by atoms with E-state index in [0.29, 0.717) is 0 Å². The molecule has 4 heteroatoms. The maximum absolute atomic E-state index is 4.34. The summed E-state index contributed by atoms with van der Waals surface area (Å²) in [6.07, 6.45) is 6.64. The van der Waals surface area contributed by atoms with Crippen molar-refractivity contribution in [2.24, 2.45) is 4.99 Å². The average Bonchev–Trinajstić information content (AvgIpc) is 2.49. The van der Waals surface area contributed by atoms with Crippen molar-refractivity contribution in [1.82, 2.24) is 14.7 Å². The maximum Gasteiger partial charge on any atom is 0.0508 e. The van der Waals surface area contributed by atoms with Gasteiger partial charge in [-0.05, 0) is 33.7 Å². The summed E-state index contributed by atoms with van der Waals surface area (Å²) in [7, 11) is 2.22. The summed E-state index contributed by atoms with van der Waals surface area (Å²) < 4.78 is 0. The number of hydrogen-bond acceptors (Lipinski definition) is 4. The lowest BCUT2D eigenvalue weighted by molar-refractivity contribution is 0.0771. The second kappa shape index (κ2) is 7.76. The van der Waals surface area contributed by atoms with Crippen molar-refractivity contribution in [3.05, 3.63) is 24.0 Å².